The summed E-state index contributed by atoms with van der Waals surface area (Å²) < 4.78 is 5.55. The summed E-state index contributed by atoms with van der Waals surface area (Å²) in [6.07, 6.45) is 0.796. The summed E-state index contributed by atoms with van der Waals surface area (Å²) in [7, 11) is 0. The van der Waals surface area contributed by atoms with Crippen molar-refractivity contribution in [2.45, 2.75) is 38.5 Å². The van der Waals surface area contributed by atoms with Crippen LogP contribution < -0.4 is 0 Å². The Balaban J connectivity index is 1.75. The van der Waals surface area contributed by atoms with E-state index in [0.29, 0.717) is 13.2 Å². The zero-order chi connectivity index (χ0) is 15.5. The number of aliphatic hydroxyl groups is 1. The minimum absolute atomic E-state index is 0.160. The first-order valence-corrected chi connectivity index (χ1v) is 9.54. The normalized spacial score (nSPS) is 20.3. The van der Waals surface area contributed by atoms with Crippen molar-refractivity contribution in [3.05, 3.63) is 44.3 Å². The van der Waals surface area contributed by atoms with Gasteiger partial charge >= 0.3 is 0 Å². The van der Waals surface area contributed by atoms with E-state index in [-0.39, 0.29) is 12.1 Å². The highest BCUT2D eigenvalue weighted by atomic mass is 32.1. The van der Waals surface area contributed by atoms with E-state index in [1.807, 2.05) is 25.2 Å². The molecule has 2 atom stereocenters. The second-order valence-corrected chi connectivity index (χ2v) is 7.98. The first kappa shape index (κ1) is 16.1. The van der Waals surface area contributed by atoms with Gasteiger partial charge < -0.3 is 9.84 Å². The number of aliphatic hydroxyl groups excluding tert-OH is 1. The van der Waals surface area contributed by atoms with Crippen molar-refractivity contribution >= 4 is 22.7 Å². The van der Waals surface area contributed by atoms with Crippen LogP contribution in [0.5, 0.6) is 0 Å². The zero-order valence-corrected chi connectivity index (χ0v) is 14.7. The Kier molecular flexibility index (Phi) is 5.31. The monoisotopic (exact) mass is 337 g/mol. The van der Waals surface area contributed by atoms with Crippen LogP contribution in [0.2, 0.25) is 0 Å². The minimum atomic E-state index is -0.440. The number of thiophene rings is 2. The number of nitrogens with zero attached hydrogens (tertiary/aromatic N) is 1. The molecular formula is C17H23NO2S2. The molecule has 120 valence electrons. The van der Waals surface area contributed by atoms with Crippen molar-refractivity contribution in [1.82, 2.24) is 4.90 Å². The van der Waals surface area contributed by atoms with Gasteiger partial charge in [0.1, 0.15) is 0 Å². The molecule has 0 radical (unpaired) electrons. The number of ether oxygens (including phenoxy) is 1. The predicted molar refractivity (Wildman–Crippen MR) is 92.9 cm³/mol. The molecule has 1 N–H and O–H groups in total. The number of β-amino-alcohol motifs (C(OH)–C–C–N with tert-alkyl or cyclic N) is 1. The van der Waals surface area contributed by atoms with Crippen LogP contribution in [-0.4, -0.2) is 41.9 Å². The highest BCUT2D eigenvalue weighted by Crippen LogP contribution is 2.39. The maximum absolute atomic E-state index is 10.3. The molecule has 3 heterocycles. The van der Waals surface area contributed by atoms with Gasteiger partial charge in [0.25, 0.3) is 0 Å². The molecule has 0 bridgehead atoms. The van der Waals surface area contributed by atoms with Gasteiger partial charge in [0.15, 0.2) is 0 Å². The fourth-order valence-electron chi connectivity index (χ4n) is 2.97. The van der Waals surface area contributed by atoms with Gasteiger partial charge in [-0.3, -0.25) is 4.90 Å². The molecule has 0 spiro atoms. The summed E-state index contributed by atoms with van der Waals surface area (Å²) in [5.41, 5.74) is 1.41. The molecule has 0 aromatic carbocycles. The van der Waals surface area contributed by atoms with Gasteiger partial charge in [0.2, 0.25) is 0 Å². The van der Waals surface area contributed by atoms with E-state index in [4.69, 9.17) is 4.74 Å². The van der Waals surface area contributed by atoms with E-state index in [2.05, 4.69) is 33.9 Å². The largest absolute Gasteiger partial charge is 0.389 e. The topological polar surface area (TPSA) is 32.7 Å². The van der Waals surface area contributed by atoms with Gasteiger partial charge in [-0.05, 0) is 48.7 Å². The average molecular weight is 338 g/mol. The molecule has 2 aromatic rings. The highest BCUT2D eigenvalue weighted by molar-refractivity contribution is 7.10. The van der Waals surface area contributed by atoms with Gasteiger partial charge in [-0.25, -0.2) is 0 Å². The second-order valence-electron chi connectivity index (χ2n) is 6.00. The van der Waals surface area contributed by atoms with Crippen LogP contribution in [0.4, 0.5) is 0 Å². The molecule has 0 aliphatic carbocycles. The number of hydrogen-bond acceptors (Lipinski definition) is 5. The molecule has 3 rings (SSSR count). The molecule has 0 amide bonds. The molecule has 0 saturated heterocycles. The first-order chi connectivity index (χ1) is 10.6. The summed E-state index contributed by atoms with van der Waals surface area (Å²) in [4.78, 5) is 5.24. The smallest absolute Gasteiger partial charge is 0.0900 e. The van der Waals surface area contributed by atoms with E-state index < -0.39 is 6.10 Å². The number of fused-ring (bicyclic) bond motifs is 1. The maximum atomic E-state index is 10.3. The van der Waals surface area contributed by atoms with Gasteiger partial charge in [0.05, 0.1) is 24.9 Å². The van der Waals surface area contributed by atoms with Crippen molar-refractivity contribution in [2.75, 3.05) is 19.7 Å². The lowest BCUT2D eigenvalue weighted by atomic mass is 9.98. The molecule has 3 nitrogen and oxygen atoms in total. The Hall–Kier alpha value is -0.720. The van der Waals surface area contributed by atoms with E-state index in [0.717, 1.165) is 13.0 Å². The summed E-state index contributed by atoms with van der Waals surface area (Å²) in [6.45, 7) is 6.06. The van der Waals surface area contributed by atoms with Crippen LogP contribution in [-0.2, 0) is 11.2 Å². The molecule has 22 heavy (non-hydrogen) atoms. The Morgan fingerprint density at radius 2 is 2.18 bits per heavy atom. The molecule has 2 aromatic heterocycles. The van der Waals surface area contributed by atoms with Gasteiger partial charge in [-0.2, -0.15) is 0 Å². The summed E-state index contributed by atoms with van der Waals surface area (Å²) in [5.74, 6) is 0. The van der Waals surface area contributed by atoms with E-state index in [9.17, 15) is 5.11 Å². The lowest BCUT2D eigenvalue weighted by Gasteiger charge is -2.36. The summed E-state index contributed by atoms with van der Waals surface area (Å²) in [6, 6.07) is 6.83. The fourth-order valence-corrected chi connectivity index (χ4v) is 4.75. The van der Waals surface area contributed by atoms with Crippen molar-refractivity contribution in [3.63, 3.8) is 0 Å². The van der Waals surface area contributed by atoms with Crippen LogP contribution in [0, 0.1) is 0 Å². The quantitative estimate of drug-likeness (QED) is 0.875. The Morgan fingerprint density at radius 3 is 2.91 bits per heavy atom. The van der Waals surface area contributed by atoms with Gasteiger partial charge in [0, 0.05) is 22.8 Å². The van der Waals surface area contributed by atoms with Crippen molar-refractivity contribution in [3.8, 4) is 0 Å². The number of rotatable bonds is 6. The van der Waals surface area contributed by atoms with Crippen LogP contribution in [0.3, 0.4) is 0 Å². The summed E-state index contributed by atoms with van der Waals surface area (Å²) in [5, 5.41) is 14.6. The van der Waals surface area contributed by atoms with Crippen LogP contribution >= 0.6 is 22.7 Å². The van der Waals surface area contributed by atoms with E-state index in [1.165, 1.54) is 15.3 Å². The van der Waals surface area contributed by atoms with Crippen LogP contribution in [0.1, 0.15) is 35.2 Å². The van der Waals surface area contributed by atoms with Crippen molar-refractivity contribution < 1.29 is 9.84 Å². The zero-order valence-electron chi connectivity index (χ0n) is 13.1. The molecular weight excluding hydrogens is 314 g/mol. The molecule has 1 aliphatic rings. The fraction of sp³-hybridized carbons (Fsp3) is 0.529. The standard InChI is InChI=1S/C17H23NO2S2/c1-12(2)20-11-13(19)10-18-7-5-15-14(6-9-22-15)17(18)16-4-3-8-21-16/h3-4,6,8-9,12-13,17,19H,5,7,10-11H2,1-2H3. The molecule has 0 saturated carbocycles. The molecule has 5 heteroatoms. The molecule has 0 fully saturated rings. The SMILES string of the molecule is CC(C)OCC(O)CN1CCc2sccc2C1c1cccs1. The Morgan fingerprint density at radius 1 is 1.32 bits per heavy atom. The maximum Gasteiger partial charge on any atom is 0.0900 e. The molecule has 2 unspecified atom stereocenters. The third kappa shape index (κ3) is 3.60. The second kappa shape index (κ2) is 7.23. The van der Waals surface area contributed by atoms with E-state index in [1.54, 1.807) is 11.3 Å². The third-order valence-corrected chi connectivity index (χ3v) is 5.87. The lowest BCUT2D eigenvalue weighted by Crippen LogP contribution is -2.41. The van der Waals surface area contributed by atoms with Crippen LogP contribution in [0.25, 0.3) is 0 Å². The van der Waals surface area contributed by atoms with Crippen molar-refractivity contribution in [2.24, 2.45) is 0 Å². The summed E-state index contributed by atoms with van der Waals surface area (Å²) >= 11 is 3.65. The number of hydrogen-bond donors (Lipinski definition) is 1. The Labute approximate surface area is 140 Å². The molecule has 1 aliphatic heterocycles. The van der Waals surface area contributed by atoms with Crippen molar-refractivity contribution in [1.29, 1.82) is 0 Å². The van der Waals surface area contributed by atoms with Gasteiger partial charge in [-0.15, -0.1) is 22.7 Å². The Bertz CT molecular complexity index is 579. The van der Waals surface area contributed by atoms with E-state index >= 15 is 0 Å². The predicted octanol–water partition coefficient (Wildman–Crippen LogP) is 3.54. The van der Waals surface area contributed by atoms with Crippen LogP contribution in [0.15, 0.2) is 29.0 Å². The van der Waals surface area contributed by atoms with Gasteiger partial charge in [-0.1, -0.05) is 6.07 Å². The minimum Gasteiger partial charge on any atom is -0.389 e. The third-order valence-electron chi connectivity index (χ3n) is 3.95. The first-order valence-electron chi connectivity index (χ1n) is 7.78. The lowest BCUT2D eigenvalue weighted by molar-refractivity contribution is -0.0128. The highest BCUT2D eigenvalue weighted by Gasteiger charge is 2.31. The average Bonchev–Trinajstić information content (AvgIpc) is 3.15.